The van der Waals surface area contributed by atoms with Crippen molar-refractivity contribution in [2.24, 2.45) is 4.99 Å². The average molecular weight is 383 g/mol. The third kappa shape index (κ3) is 8.06. The van der Waals surface area contributed by atoms with Crippen molar-refractivity contribution >= 4 is 41.7 Å². The van der Waals surface area contributed by atoms with Crippen molar-refractivity contribution in [3.63, 3.8) is 0 Å². The van der Waals surface area contributed by atoms with Crippen LogP contribution in [0, 0.1) is 12.3 Å². The number of hydrogen-bond donors (Lipinski definition) is 2. The number of nitrogens with one attached hydrogen (secondary N) is 2. The first-order valence-electron chi connectivity index (χ1n) is 5.93. The monoisotopic (exact) mass is 383 g/mol. The van der Waals surface area contributed by atoms with Crippen molar-refractivity contribution < 1.29 is 4.74 Å². The van der Waals surface area contributed by atoms with Crippen LogP contribution in [0.15, 0.2) is 4.99 Å². The van der Waals surface area contributed by atoms with Crippen molar-refractivity contribution in [1.82, 2.24) is 10.6 Å². The minimum absolute atomic E-state index is 0. The summed E-state index contributed by atoms with van der Waals surface area (Å²) in [5, 5.41) is 6.69. The average Bonchev–Trinajstić information content (AvgIpc) is 2.38. The molecule has 0 amide bonds. The summed E-state index contributed by atoms with van der Waals surface area (Å²) < 4.78 is 5.32. The zero-order valence-corrected chi connectivity index (χ0v) is 13.9. The normalized spacial score (nSPS) is 16.6. The molecule has 1 saturated heterocycles. The Morgan fingerprint density at radius 3 is 2.83 bits per heavy atom. The van der Waals surface area contributed by atoms with Gasteiger partial charge in [-0.15, -0.1) is 42.2 Å². The van der Waals surface area contributed by atoms with Gasteiger partial charge in [0.05, 0.1) is 5.75 Å². The molecule has 0 aliphatic carbocycles. The molecule has 0 aromatic carbocycles. The largest absolute Gasteiger partial charge is 0.381 e. The molecular formula is C12H22IN3OS. The Kier molecular flexibility index (Phi) is 11.8. The predicted molar refractivity (Wildman–Crippen MR) is 89.9 cm³/mol. The second-order valence-corrected chi connectivity index (χ2v) is 4.89. The summed E-state index contributed by atoms with van der Waals surface area (Å²) in [4.78, 5) is 4.20. The van der Waals surface area contributed by atoms with Crippen molar-refractivity contribution in [2.45, 2.75) is 18.9 Å². The molecule has 0 radical (unpaired) electrons. The number of nitrogens with zero attached hydrogens (tertiary/aromatic N) is 1. The quantitative estimate of drug-likeness (QED) is 0.247. The summed E-state index contributed by atoms with van der Waals surface area (Å²) in [5.41, 5.74) is 0. The molecule has 0 saturated carbocycles. The number of ether oxygens (including phenoxy) is 1. The fourth-order valence-electron chi connectivity index (χ4n) is 1.60. The Morgan fingerprint density at radius 2 is 2.22 bits per heavy atom. The van der Waals surface area contributed by atoms with Crippen LogP contribution in [0.2, 0.25) is 0 Å². The van der Waals surface area contributed by atoms with Crippen LogP contribution in [0.3, 0.4) is 0 Å². The van der Waals surface area contributed by atoms with Crippen LogP contribution in [-0.4, -0.2) is 50.3 Å². The van der Waals surface area contributed by atoms with E-state index in [1.165, 1.54) is 0 Å². The molecule has 0 aromatic heterocycles. The minimum Gasteiger partial charge on any atom is -0.381 e. The van der Waals surface area contributed by atoms with Crippen molar-refractivity contribution in [2.75, 3.05) is 38.3 Å². The Hall–Kier alpha value is -0.130. The van der Waals surface area contributed by atoms with Crippen molar-refractivity contribution in [1.29, 1.82) is 0 Å². The number of hydrogen-bond acceptors (Lipinski definition) is 3. The zero-order valence-electron chi connectivity index (χ0n) is 10.8. The van der Waals surface area contributed by atoms with Crippen LogP contribution < -0.4 is 10.6 Å². The molecule has 1 rings (SSSR count). The Balaban J connectivity index is 0.00000289. The third-order valence-electron chi connectivity index (χ3n) is 2.51. The maximum absolute atomic E-state index is 5.32. The summed E-state index contributed by atoms with van der Waals surface area (Å²) in [6.07, 6.45) is 7.28. The SMILES string of the molecule is C#CCSCCNC(=NC)NC1CCOCC1.I. The first-order valence-corrected chi connectivity index (χ1v) is 7.08. The first kappa shape index (κ1) is 17.9. The smallest absolute Gasteiger partial charge is 0.191 e. The zero-order chi connectivity index (χ0) is 12.3. The van der Waals surface area contributed by atoms with Gasteiger partial charge in [0.15, 0.2) is 5.96 Å². The summed E-state index contributed by atoms with van der Waals surface area (Å²) in [7, 11) is 1.79. The highest BCUT2D eigenvalue weighted by atomic mass is 127. The van der Waals surface area contributed by atoms with Crippen LogP contribution in [0.5, 0.6) is 0 Å². The lowest BCUT2D eigenvalue weighted by atomic mass is 10.1. The fourth-order valence-corrected chi connectivity index (χ4v) is 2.11. The Bertz CT molecular complexity index is 275. The molecule has 1 aliphatic heterocycles. The Labute approximate surface area is 131 Å². The van der Waals surface area contributed by atoms with E-state index >= 15 is 0 Å². The molecule has 6 heteroatoms. The second-order valence-electron chi connectivity index (χ2n) is 3.79. The fraction of sp³-hybridized carbons (Fsp3) is 0.750. The van der Waals surface area contributed by atoms with E-state index in [2.05, 4.69) is 21.5 Å². The second kappa shape index (κ2) is 11.9. The highest BCUT2D eigenvalue weighted by Crippen LogP contribution is 2.05. The third-order valence-corrected chi connectivity index (χ3v) is 3.37. The molecule has 0 aromatic rings. The van der Waals surface area contributed by atoms with E-state index < -0.39 is 0 Å². The molecule has 1 aliphatic rings. The number of rotatable bonds is 5. The molecule has 0 unspecified atom stereocenters. The van der Waals surface area contributed by atoms with Gasteiger partial charge in [-0.3, -0.25) is 4.99 Å². The van der Waals surface area contributed by atoms with Crippen LogP contribution in [0.25, 0.3) is 0 Å². The maximum atomic E-state index is 5.32. The topological polar surface area (TPSA) is 45.7 Å². The number of aliphatic imine (C=N–C) groups is 1. The summed E-state index contributed by atoms with van der Waals surface area (Å²) in [6, 6.07) is 0.480. The lowest BCUT2D eigenvalue weighted by Crippen LogP contribution is -2.46. The molecule has 0 atom stereocenters. The molecule has 1 fully saturated rings. The molecular weight excluding hydrogens is 361 g/mol. The van der Waals surface area contributed by atoms with E-state index in [1.54, 1.807) is 18.8 Å². The van der Waals surface area contributed by atoms with Crippen LogP contribution in [0.4, 0.5) is 0 Å². The van der Waals surface area contributed by atoms with E-state index in [0.29, 0.717) is 6.04 Å². The van der Waals surface area contributed by atoms with Gasteiger partial charge in [-0.05, 0) is 12.8 Å². The van der Waals surface area contributed by atoms with Crippen LogP contribution >= 0.6 is 35.7 Å². The molecule has 1 heterocycles. The lowest BCUT2D eigenvalue weighted by molar-refractivity contribution is 0.0822. The van der Waals surface area contributed by atoms with Crippen molar-refractivity contribution in [3.05, 3.63) is 0 Å². The van der Waals surface area contributed by atoms with E-state index in [1.807, 2.05) is 0 Å². The van der Waals surface area contributed by atoms with Gasteiger partial charge in [-0.2, -0.15) is 0 Å². The summed E-state index contributed by atoms with van der Waals surface area (Å²) in [5.74, 6) is 5.25. The van der Waals surface area contributed by atoms with Gasteiger partial charge in [0.2, 0.25) is 0 Å². The predicted octanol–water partition coefficient (Wildman–Crippen LogP) is 1.31. The van der Waals surface area contributed by atoms with E-state index in [0.717, 1.165) is 50.1 Å². The highest BCUT2D eigenvalue weighted by Gasteiger charge is 2.14. The van der Waals surface area contributed by atoms with E-state index in [4.69, 9.17) is 11.2 Å². The van der Waals surface area contributed by atoms with Crippen molar-refractivity contribution in [3.8, 4) is 12.3 Å². The molecule has 104 valence electrons. The number of guanidine groups is 1. The van der Waals surface area contributed by atoms with Gasteiger partial charge in [0.25, 0.3) is 0 Å². The van der Waals surface area contributed by atoms with E-state index in [9.17, 15) is 0 Å². The summed E-state index contributed by atoms with van der Waals surface area (Å²) >= 11 is 1.75. The van der Waals surface area contributed by atoms with Gasteiger partial charge in [-0.1, -0.05) is 5.92 Å². The van der Waals surface area contributed by atoms with Gasteiger partial charge in [0, 0.05) is 38.6 Å². The van der Waals surface area contributed by atoms with Gasteiger partial charge in [0.1, 0.15) is 0 Å². The lowest BCUT2D eigenvalue weighted by Gasteiger charge is -2.25. The first-order chi connectivity index (χ1) is 8.36. The molecule has 2 N–H and O–H groups in total. The molecule has 0 spiro atoms. The van der Waals surface area contributed by atoms with Crippen LogP contribution in [0.1, 0.15) is 12.8 Å². The molecule has 18 heavy (non-hydrogen) atoms. The molecule has 0 bridgehead atoms. The standard InChI is InChI=1S/C12H21N3OS.HI/c1-3-9-17-10-6-14-12(13-2)15-11-4-7-16-8-5-11;/h1,11H,4-10H2,2H3,(H2,13,14,15);1H. The van der Waals surface area contributed by atoms with Crippen LogP contribution in [-0.2, 0) is 4.74 Å². The number of thioether (sulfide) groups is 1. The number of terminal acetylenes is 1. The van der Waals surface area contributed by atoms with Gasteiger partial charge < -0.3 is 15.4 Å². The maximum Gasteiger partial charge on any atom is 0.191 e. The Morgan fingerprint density at radius 1 is 1.50 bits per heavy atom. The summed E-state index contributed by atoms with van der Waals surface area (Å²) in [6.45, 7) is 2.56. The number of halogens is 1. The molecule has 4 nitrogen and oxygen atoms in total. The van der Waals surface area contributed by atoms with Gasteiger partial charge in [-0.25, -0.2) is 0 Å². The minimum atomic E-state index is 0. The van der Waals surface area contributed by atoms with Gasteiger partial charge >= 0.3 is 0 Å². The van der Waals surface area contributed by atoms with E-state index in [-0.39, 0.29) is 24.0 Å². The highest BCUT2D eigenvalue weighted by molar-refractivity contribution is 14.0.